The highest BCUT2D eigenvalue weighted by Crippen LogP contribution is 2.45. The van der Waals surface area contributed by atoms with Gasteiger partial charge in [-0.1, -0.05) is 39.8 Å². The van der Waals surface area contributed by atoms with E-state index in [4.69, 9.17) is 9.47 Å². The van der Waals surface area contributed by atoms with E-state index in [1.54, 1.807) is 0 Å². The van der Waals surface area contributed by atoms with Crippen LogP contribution in [0.5, 0.6) is 0 Å². The highest BCUT2D eigenvalue weighted by atomic mass is 16.6. The molecule has 0 aliphatic heterocycles. The van der Waals surface area contributed by atoms with Crippen LogP contribution in [0.4, 0.5) is 0 Å². The molecule has 0 heterocycles. The molecular formula is C17H28O3. The van der Waals surface area contributed by atoms with E-state index in [0.29, 0.717) is 5.92 Å². The predicted molar refractivity (Wildman–Crippen MR) is 79.3 cm³/mol. The van der Waals surface area contributed by atoms with E-state index in [-0.39, 0.29) is 29.5 Å². The van der Waals surface area contributed by atoms with Crippen LogP contribution in [-0.2, 0) is 14.3 Å². The Hall–Kier alpha value is -0.830. The van der Waals surface area contributed by atoms with Gasteiger partial charge >= 0.3 is 5.97 Å². The van der Waals surface area contributed by atoms with Gasteiger partial charge in [-0.15, -0.1) is 0 Å². The second-order valence-corrected chi connectivity index (χ2v) is 7.18. The van der Waals surface area contributed by atoms with Crippen LogP contribution in [-0.4, -0.2) is 24.8 Å². The van der Waals surface area contributed by atoms with Crippen LogP contribution in [0.2, 0.25) is 0 Å². The zero-order valence-corrected chi connectivity index (χ0v) is 13.2. The summed E-state index contributed by atoms with van der Waals surface area (Å²) in [6, 6.07) is 0. The zero-order valence-electron chi connectivity index (χ0n) is 13.2. The molecule has 2 rings (SSSR count). The van der Waals surface area contributed by atoms with Gasteiger partial charge in [-0.05, 0) is 25.2 Å². The fourth-order valence-corrected chi connectivity index (χ4v) is 2.88. The molecule has 0 aromatic heterocycles. The van der Waals surface area contributed by atoms with Crippen molar-refractivity contribution in [2.24, 2.45) is 17.3 Å². The molecule has 20 heavy (non-hydrogen) atoms. The van der Waals surface area contributed by atoms with Gasteiger partial charge in [-0.2, -0.15) is 0 Å². The van der Waals surface area contributed by atoms with E-state index in [2.05, 4.69) is 39.8 Å². The van der Waals surface area contributed by atoms with Gasteiger partial charge < -0.3 is 9.47 Å². The van der Waals surface area contributed by atoms with E-state index in [1.807, 2.05) is 0 Å². The first-order chi connectivity index (χ1) is 9.41. The van der Waals surface area contributed by atoms with Crippen molar-refractivity contribution in [2.45, 2.75) is 65.6 Å². The summed E-state index contributed by atoms with van der Waals surface area (Å²) in [6.07, 6.45) is 8.06. The summed E-state index contributed by atoms with van der Waals surface area (Å²) in [5, 5.41) is 0. The largest absolute Gasteiger partial charge is 0.461 e. The summed E-state index contributed by atoms with van der Waals surface area (Å²) in [5.74, 6) is 0.586. The first-order valence-corrected chi connectivity index (χ1v) is 7.88. The molecule has 3 nitrogen and oxygen atoms in total. The van der Waals surface area contributed by atoms with Gasteiger partial charge in [0.25, 0.3) is 0 Å². The smallest absolute Gasteiger partial charge is 0.309 e. The number of hydrogen-bond acceptors (Lipinski definition) is 3. The lowest BCUT2D eigenvalue weighted by Gasteiger charge is -2.50. The standard InChI is InChI=1S/C17H28O3/c1-12(2)11-19-14-10-15(17(14,3)4)20-16(18)13-8-6-5-7-9-13/h5-6,12-15H,7-11H2,1-4H3/t13-,14+,15+/m0/s1. The third kappa shape index (κ3) is 3.43. The number of allylic oxidation sites excluding steroid dienone is 2. The number of esters is 1. The average Bonchev–Trinajstić information content (AvgIpc) is 2.42. The molecule has 0 saturated heterocycles. The zero-order chi connectivity index (χ0) is 14.8. The van der Waals surface area contributed by atoms with Crippen molar-refractivity contribution >= 4 is 5.97 Å². The van der Waals surface area contributed by atoms with E-state index < -0.39 is 0 Å². The third-order valence-corrected chi connectivity index (χ3v) is 4.58. The molecule has 2 aliphatic carbocycles. The van der Waals surface area contributed by atoms with Crippen molar-refractivity contribution in [1.82, 2.24) is 0 Å². The first-order valence-electron chi connectivity index (χ1n) is 7.88. The summed E-state index contributed by atoms with van der Waals surface area (Å²) >= 11 is 0. The molecule has 0 bridgehead atoms. The average molecular weight is 280 g/mol. The molecule has 0 amide bonds. The Morgan fingerprint density at radius 2 is 2.05 bits per heavy atom. The Bertz CT molecular complexity index is 370. The predicted octanol–water partition coefficient (Wildman–Crippen LogP) is 3.73. The second kappa shape index (κ2) is 6.30. The van der Waals surface area contributed by atoms with Crippen molar-refractivity contribution in [1.29, 1.82) is 0 Å². The minimum atomic E-state index is -0.0605. The fraction of sp³-hybridized carbons (Fsp3) is 0.824. The first kappa shape index (κ1) is 15.6. The molecule has 114 valence electrons. The van der Waals surface area contributed by atoms with Gasteiger partial charge in [0.2, 0.25) is 0 Å². The van der Waals surface area contributed by atoms with Crippen molar-refractivity contribution in [2.75, 3.05) is 6.61 Å². The van der Waals surface area contributed by atoms with Crippen molar-refractivity contribution in [3.05, 3.63) is 12.2 Å². The van der Waals surface area contributed by atoms with E-state index >= 15 is 0 Å². The minimum absolute atomic E-state index is 0.0121. The Balaban J connectivity index is 1.80. The quantitative estimate of drug-likeness (QED) is 0.568. The van der Waals surface area contributed by atoms with Crippen LogP contribution in [0.15, 0.2) is 12.2 Å². The van der Waals surface area contributed by atoms with Crippen LogP contribution in [0.3, 0.4) is 0 Å². The molecule has 0 radical (unpaired) electrons. The van der Waals surface area contributed by atoms with Gasteiger partial charge in [-0.3, -0.25) is 4.79 Å². The fourth-order valence-electron chi connectivity index (χ4n) is 2.88. The van der Waals surface area contributed by atoms with Gasteiger partial charge in [-0.25, -0.2) is 0 Å². The van der Waals surface area contributed by atoms with E-state index in [0.717, 1.165) is 32.3 Å². The SMILES string of the molecule is CC(C)CO[C@@H]1C[C@@H](OC(=O)[C@H]2CC=CCC2)C1(C)C. The molecule has 3 heteroatoms. The normalized spacial score (nSPS) is 31.9. The lowest BCUT2D eigenvalue weighted by Crippen LogP contribution is -2.57. The topological polar surface area (TPSA) is 35.5 Å². The summed E-state index contributed by atoms with van der Waals surface area (Å²) < 4.78 is 11.6. The second-order valence-electron chi connectivity index (χ2n) is 7.18. The van der Waals surface area contributed by atoms with E-state index in [9.17, 15) is 4.79 Å². The maximum atomic E-state index is 12.2. The lowest BCUT2D eigenvalue weighted by atomic mass is 9.66. The van der Waals surface area contributed by atoms with Gasteiger partial charge in [0.05, 0.1) is 12.0 Å². The maximum absolute atomic E-state index is 12.2. The highest BCUT2D eigenvalue weighted by molar-refractivity contribution is 5.73. The Morgan fingerprint density at radius 1 is 1.30 bits per heavy atom. The molecule has 0 aromatic rings. The third-order valence-electron chi connectivity index (χ3n) is 4.58. The van der Waals surface area contributed by atoms with Crippen LogP contribution in [0.25, 0.3) is 0 Å². The number of carbonyl (C=O) groups excluding carboxylic acids is 1. The molecule has 0 aromatic carbocycles. The van der Waals surface area contributed by atoms with Gasteiger partial charge in [0.1, 0.15) is 6.10 Å². The number of rotatable bonds is 5. The maximum Gasteiger partial charge on any atom is 0.309 e. The monoisotopic (exact) mass is 280 g/mol. The van der Waals surface area contributed by atoms with Crippen LogP contribution < -0.4 is 0 Å². The van der Waals surface area contributed by atoms with Crippen molar-refractivity contribution in [3.8, 4) is 0 Å². The molecular weight excluding hydrogens is 252 g/mol. The number of ether oxygens (including phenoxy) is 2. The highest BCUT2D eigenvalue weighted by Gasteiger charge is 2.51. The minimum Gasteiger partial charge on any atom is -0.461 e. The molecule has 3 atom stereocenters. The summed E-state index contributed by atoms with van der Waals surface area (Å²) in [7, 11) is 0. The molecule has 1 saturated carbocycles. The molecule has 1 fully saturated rings. The number of carbonyl (C=O) groups is 1. The molecule has 0 N–H and O–H groups in total. The number of hydrogen-bond donors (Lipinski definition) is 0. The molecule has 2 aliphatic rings. The Morgan fingerprint density at radius 3 is 2.60 bits per heavy atom. The lowest BCUT2D eigenvalue weighted by molar-refractivity contribution is -0.208. The Kier molecular flexibility index (Phi) is 4.90. The van der Waals surface area contributed by atoms with Gasteiger partial charge in [0, 0.05) is 18.4 Å². The van der Waals surface area contributed by atoms with Crippen molar-refractivity contribution < 1.29 is 14.3 Å². The Labute approximate surface area is 122 Å². The van der Waals surface area contributed by atoms with Crippen LogP contribution in [0, 0.1) is 17.3 Å². The summed E-state index contributed by atoms with van der Waals surface area (Å²) in [4.78, 5) is 12.2. The van der Waals surface area contributed by atoms with Crippen molar-refractivity contribution in [3.63, 3.8) is 0 Å². The summed E-state index contributed by atoms with van der Waals surface area (Å²) in [6.45, 7) is 9.36. The van der Waals surface area contributed by atoms with Gasteiger partial charge in [0.15, 0.2) is 0 Å². The summed E-state index contributed by atoms with van der Waals surface area (Å²) in [5.41, 5.74) is -0.0605. The molecule has 0 spiro atoms. The van der Waals surface area contributed by atoms with Crippen LogP contribution >= 0.6 is 0 Å². The van der Waals surface area contributed by atoms with Crippen LogP contribution in [0.1, 0.15) is 53.4 Å². The molecule has 0 unspecified atom stereocenters. The van der Waals surface area contributed by atoms with E-state index in [1.165, 1.54) is 0 Å².